The lowest BCUT2D eigenvalue weighted by Gasteiger charge is -2.27. The van der Waals surface area contributed by atoms with Crippen molar-refractivity contribution in [3.05, 3.63) is 132 Å². The standard InChI is InChI=1S/C28H21N2P/c1-22-17-24(20-30)25(18-23(22)19-29)21-31(26-11-5-2-6-12-26,27-13-7-3-8-14-27)28-15-9-4-10-16-28/h2-18H,1,21H2/q+2. The monoisotopic (exact) mass is 416 g/mol. The molecule has 0 aromatic heterocycles. The Bertz CT molecular complexity index is 1170. The summed E-state index contributed by atoms with van der Waals surface area (Å²) in [6.45, 7) is 3.95. The van der Waals surface area contributed by atoms with Gasteiger partial charge in [-0.1, -0.05) is 54.6 Å². The van der Waals surface area contributed by atoms with Crippen molar-refractivity contribution in [2.75, 3.05) is 0 Å². The van der Waals surface area contributed by atoms with Crippen molar-refractivity contribution in [3.8, 4) is 12.1 Å². The second-order valence-corrected chi connectivity index (χ2v) is 10.8. The normalized spacial score (nSPS) is 10.8. The van der Waals surface area contributed by atoms with Gasteiger partial charge in [-0.3, -0.25) is 0 Å². The van der Waals surface area contributed by atoms with Crippen LogP contribution in [-0.4, -0.2) is 0 Å². The van der Waals surface area contributed by atoms with Crippen LogP contribution in [0, 0.1) is 29.6 Å². The van der Waals surface area contributed by atoms with Crippen LogP contribution < -0.4 is 15.9 Å². The van der Waals surface area contributed by atoms with Crippen molar-refractivity contribution in [2.24, 2.45) is 0 Å². The lowest BCUT2D eigenvalue weighted by molar-refractivity contribution is 1.31. The van der Waals surface area contributed by atoms with Gasteiger partial charge in [-0.15, -0.1) is 0 Å². The Kier molecular flexibility index (Phi) is 5.86. The number of benzene rings is 4. The molecule has 0 aliphatic carbocycles. The minimum absolute atomic E-state index is 0.515. The third-order valence-electron chi connectivity index (χ3n) is 5.57. The molecule has 146 valence electrons. The van der Waals surface area contributed by atoms with Gasteiger partial charge in [0.2, 0.25) is 0 Å². The highest BCUT2D eigenvalue weighted by Gasteiger charge is 2.46. The summed E-state index contributed by atoms with van der Waals surface area (Å²) >= 11 is 0. The SMILES string of the molecule is [CH2+]c1cc(C#N)c(C[P+](c2ccccc2)(c2ccccc2)c2ccccc2)cc1C#N. The quantitative estimate of drug-likeness (QED) is 0.335. The number of rotatable bonds is 5. The molecule has 0 fully saturated rings. The smallest absolute Gasteiger partial charge is 0.169 e. The predicted octanol–water partition coefficient (Wildman–Crippen LogP) is 5.11. The van der Waals surface area contributed by atoms with Gasteiger partial charge in [0.15, 0.2) is 11.6 Å². The van der Waals surface area contributed by atoms with Crippen molar-refractivity contribution in [1.82, 2.24) is 0 Å². The molecule has 2 nitrogen and oxygen atoms in total. The molecular weight excluding hydrogens is 395 g/mol. The van der Waals surface area contributed by atoms with E-state index in [1.165, 1.54) is 15.9 Å². The Balaban J connectivity index is 2.05. The fourth-order valence-electron chi connectivity index (χ4n) is 4.05. The zero-order valence-corrected chi connectivity index (χ0v) is 18.0. The van der Waals surface area contributed by atoms with Crippen LogP contribution in [0.3, 0.4) is 0 Å². The highest BCUT2D eigenvalue weighted by molar-refractivity contribution is 7.95. The van der Waals surface area contributed by atoms with Gasteiger partial charge in [0.25, 0.3) is 0 Å². The fourth-order valence-corrected chi connectivity index (χ4v) is 8.31. The van der Waals surface area contributed by atoms with Crippen LogP contribution >= 0.6 is 7.26 Å². The Hall–Kier alpha value is -3.84. The van der Waals surface area contributed by atoms with Gasteiger partial charge in [-0.05, 0) is 36.4 Å². The minimum Gasteiger partial charge on any atom is -0.191 e. The number of hydrogen-bond donors (Lipinski definition) is 0. The van der Waals surface area contributed by atoms with Gasteiger partial charge in [-0.25, -0.2) is 0 Å². The average molecular weight is 416 g/mol. The Morgan fingerprint density at radius 3 is 1.42 bits per heavy atom. The molecule has 0 aliphatic heterocycles. The average Bonchev–Trinajstić information content (AvgIpc) is 2.84. The summed E-state index contributed by atoms with van der Waals surface area (Å²) in [5.41, 5.74) is 2.57. The number of nitriles is 2. The van der Waals surface area contributed by atoms with E-state index in [2.05, 4.69) is 91.9 Å². The first-order valence-corrected chi connectivity index (χ1v) is 12.0. The summed E-state index contributed by atoms with van der Waals surface area (Å²) in [5, 5.41) is 23.2. The zero-order valence-electron chi connectivity index (χ0n) is 17.1. The van der Waals surface area contributed by atoms with Gasteiger partial charge in [0.1, 0.15) is 46.5 Å². The van der Waals surface area contributed by atoms with Crippen molar-refractivity contribution in [1.29, 1.82) is 10.5 Å². The van der Waals surface area contributed by atoms with Crippen molar-refractivity contribution in [2.45, 2.75) is 6.16 Å². The Labute approximate surface area is 184 Å². The third-order valence-corrected chi connectivity index (χ3v) is 9.92. The maximum Gasteiger partial charge on any atom is 0.169 e. The molecule has 0 unspecified atom stereocenters. The fraction of sp³-hybridized carbons (Fsp3) is 0.0357. The summed E-state index contributed by atoms with van der Waals surface area (Å²) in [7, 11) is -2.14. The molecule has 0 heterocycles. The van der Waals surface area contributed by atoms with E-state index in [0.29, 0.717) is 22.9 Å². The lowest BCUT2D eigenvalue weighted by Crippen LogP contribution is -2.32. The molecule has 31 heavy (non-hydrogen) atoms. The maximum atomic E-state index is 9.87. The first kappa shape index (κ1) is 20.4. The number of nitrogens with zero attached hydrogens (tertiary/aromatic N) is 2. The molecule has 0 saturated heterocycles. The van der Waals surface area contributed by atoms with Gasteiger partial charge >= 0.3 is 0 Å². The van der Waals surface area contributed by atoms with E-state index >= 15 is 0 Å². The predicted molar refractivity (Wildman–Crippen MR) is 129 cm³/mol. The molecule has 4 aromatic rings. The molecule has 0 aliphatic rings. The molecule has 3 heteroatoms. The maximum absolute atomic E-state index is 9.87. The van der Waals surface area contributed by atoms with Crippen LogP contribution in [0.5, 0.6) is 0 Å². The first-order valence-electron chi connectivity index (χ1n) is 10.0. The van der Waals surface area contributed by atoms with E-state index in [4.69, 9.17) is 0 Å². The molecular formula is C28H21N2P+2. The molecule has 4 rings (SSSR count). The van der Waals surface area contributed by atoms with E-state index in [0.717, 1.165) is 5.56 Å². The second-order valence-electron chi connectivity index (χ2n) is 7.36. The first-order chi connectivity index (χ1) is 15.2. The molecule has 0 amide bonds. The van der Waals surface area contributed by atoms with Crippen LogP contribution in [0.2, 0.25) is 0 Å². The van der Waals surface area contributed by atoms with E-state index in [-0.39, 0.29) is 0 Å². The molecule has 0 spiro atoms. The molecule has 0 N–H and O–H groups in total. The Morgan fingerprint density at radius 2 is 1.03 bits per heavy atom. The largest absolute Gasteiger partial charge is 0.191 e. The van der Waals surface area contributed by atoms with E-state index in [1.54, 1.807) is 6.07 Å². The summed E-state index contributed by atoms with van der Waals surface area (Å²) in [5.74, 6) is 0. The van der Waals surface area contributed by atoms with Crippen molar-refractivity contribution in [3.63, 3.8) is 0 Å². The van der Waals surface area contributed by atoms with Crippen LogP contribution in [0.25, 0.3) is 0 Å². The van der Waals surface area contributed by atoms with Gasteiger partial charge < -0.3 is 0 Å². The van der Waals surface area contributed by atoms with Gasteiger partial charge in [0.05, 0.1) is 6.07 Å². The number of hydrogen-bond acceptors (Lipinski definition) is 2. The molecule has 0 radical (unpaired) electrons. The van der Waals surface area contributed by atoms with Gasteiger partial charge in [0, 0.05) is 18.6 Å². The van der Waals surface area contributed by atoms with E-state index < -0.39 is 7.26 Å². The van der Waals surface area contributed by atoms with Crippen molar-refractivity contribution >= 4 is 23.2 Å². The van der Waals surface area contributed by atoms with Crippen LogP contribution in [-0.2, 0) is 6.16 Å². The Morgan fingerprint density at radius 1 is 0.613 bits per heavy atom. The molecule has 0 atom stereocenters. The summed E-state index contributed by atoms with van der Waals surface area (Å²) in [4.78, 5) is 0. The van der Waals surface area contributed by atoms with E-state index in [9.17, 15) is 10.5 Å². The highest BCUT2D eigenvalue weighted by Crippen LogP contribution is 2.58. The third kappa shape index (κ3) is 3.83. The van der Waals surface area contributed by atoms with Crippen molar-refractivity contribution < 1.29 is 0 Å². The summed E-state index contributed by atoms with van der Waals surface area (Å²) < 4.78 is 0. The zero-order chi connectivity index (χ0) is 21.7. The summed E-state index contributed by atoms with van der Waals surface area (Å²) in [6, 6.07) is 39.8. The molecule has 0 bridgehead atoms. The minimum atomic E-state index is -2.14. The summed E-state index contributed by atoms with van der Waals surface area (Å²) in [6.07, 6.45) is 0.656. The topological polar surface area (TPSA) is 47.6 Å². The second kappa shape index (κ2) is 8.89. The lowest BCUT2D eigenvalue weighted by atomic mass is 10.0. The molecule has 4 aromatic carbocycles. The van der Waals surface area contributed by atoms with Crippen LogP contribution in [0.15, 0.2) is 103 Å². The molecule has 0 saturated carbocycles. The van der Waals surface area contributed by atoms with Crippen LogP contribution in [0.1, 0.15) is 22.3 Å². The van der Waals surface area contributed by atoms with Crippen LogP contribution in [0.4, 0.5) is 0 Å². The van der Waals surface area contributed by atoms with Gasteiger partial charge in [-0.2, -0.15) is 10.5 Å². The van der Waals surface area contributed by atoms with E-state index in [1.807, 2.05) is 24.3 Å². The highest BCUT2D eigenvalue weighted by atomic mass is 31.2.